The van der Waals surface area contributed by atoms with Crippen LogP contribution in [-0.2, 0) is 19.3 Å². The Morgan fingerprint density at radius 2 is 2.06 bits per heavy atom. The molecule has 0 saturated carbocycles. The molecule has 1 aromatic heterocycles. The Hall–Kier alpha value is -0.680. The summed E-state index contributed by atoms with van der Waals surface area (Å²) in [5, 5.41) is 1.96. The molecule has 0 amide bonds. The molecule has 0 bridgehead atoms. The van der Waals surface area contributed by atoms with Crippen LogP contribution in [0.1, 0.15) is 33.5 Å². The van der Waals surface area contributed by atoms with Gasteiger partial charge in [-0.05, 0) is 64.6 Å². The van der Waals surface area contributed by atoms with Gasteiger partial charge in [-0.3, -0.25) is 4.79 Å². The van der Waals surface area contributed by atoms with Crippen molar-refractivity contribution in [1.29, 1.82) is 0 Å². The van der Waals surface area contributed by atoms with Gasteiger partial charge in [-0.1, -0.05) is 18.2 Å². The lowest BCUT2D eigenvalue weighted by atomic mass is 10.0. The van der Waals surface area contributed by atoms with Crippen molar-refractivity contribution in [3.63, 3.8) is 0 Å². The summed E-state index contributed by atoms with van der Waals surface area (Å²) in [4.78, 5) is 12.1. The normalized spacial score (nSPS) is 13.6. The third-order valence-electron chi connectivity index (χ3n) is 3.42. The average Bonchev–Trinajstić information content (AvgIpc) is 2.96. The molecule has 0 atom stereocenters. The van der Waals surface area contributed by atoms with Gasteiger partial charge in [0.05, 0.1) is 2.88 Å². The van der Waals surface area contributed by atoms with E-state index in [2.05, 4.69) is 40.8 Å². The van der Waals surface area contributed by atoms with E-state index in [0.29, 0.717) is 6.42 Å². The van der Waals surface area contributed by atoms with Gasteiger partial charge in [-0.25, -0.2) is 0 Å². The van der Waals surface area contributed by atoms with E-state index in [4.69, 9.17) is 0 Å². The molecule has 1 aromatic carbocycles. The van der Waals surface area contributed by atoms with E-state index in [0.717, 1.165) is 11.1 Å². The van der Waals surface area contributed by atoms with Crippen molar-refractivity contribution in [3.8, 4) is 0 Å². The van der Waals surface area contributed by atoms with Gasteiger partial charge < -0.3 is 0 Å². The van der Waals surface area contributed by atoms with Gasteiger partial charge in [-0.2, -0.15) is 0 Å². The third kappa shape index (κ3) is 2.52. The molecule has 1 heterocycles. The summed E-state index contributed by atoms with van der Waals surface area (Å²) in [6.45, 7) is 0. The monoisotopic (exact) mass is 368 g/mol. The van der Waals surface area contributed by atoms with Crippen molar-refractivity contribution in [2.24, 2.45) is 0 Å². The number of thiophene rings is 1. The van der Waals surface area contributed by atoms with Crippen LogP contribution >= 0.6 is 33.9 Å². The molecule has 92 valence electrons. The highest BCUT2D eigenvalue weighted by Crippen LogP contribution is 2.24. The van der Waals surface area contributed by atoms with Crippen molar-refractivity contribution < 1.29 is 4.79 Å². The van der Waals surface area contributed by atoms with Gasteiger partial charge in [0.2, 0.25) is 0 Å². The Morgan fingerprint density at radius 3 is 2.83 bits per heavy atom. The van der Waals surface area contributed by atoms with Crippen LogP contribution in [0, 0.1) is 2.88 Å². The van der Waals surface area contributed by atoms with Crippen molar-refractivity contribution >= 4 is 39.7 Å². The number of fused-ring (bicyclic) bond motifs is 1. The summed E-state index contributed by atoms with van der Waals surface area (Å²) in [5.74, 6) is 0.229. The first-order valence-corrected chi connectivity index (χ1v) is 8.06. The van der Waals surface area contributed by atoms with E-state index in [9.17, 15) is 4.79 Å². The zero-order chi connectivity index (χ0) is 12.5. The summed E-state index contributed by atoms with van der Waals surface area (Å²) in [5.41, 5.74) is 4.92. The predicted molar refractivity (Wildman–Crippen MR) is 83.5 cm³/mol. The molecule has 1 aliphatic rings. The number of benzene rings is 1. The second-order valence-corrected chi connectivity index (χ2v) is 7.50. The molecule has 0 N–H and O–H groups in total. The first-order chi connectivity index (χ1) is 8.72. The van der Waals surface area contributed by atoms with Crippen LogP contribution < -0.4 is 0 Å². The van der Waals surface area contributed by atoms with Crippen LogP contribution in [0.25, 0.3) is 0 Å². The van der Waals surface area contributed by atoms with Gasteiger partial charge in [0.25, 0.3) is 0 Å². The first kappa shape index (κ1) is 12.4. The third-order valence-corrected chi connectivity index (χ3v) is 5.21. The molecule has 0 saturated heterocycles. The Balaban J connectivity index is 1.78. The van der Waals surface area contributed by atoms with Crippen LogP contribution in [0.15, 0.2) is 29.6 Å². The van der Waals surface area contributed by atoms with E-state index in [-0.39, 0.29) is 5.78 Å². The van der Waals surface area contributed by atoms with Gasteiger partial charge in [0.15, 0.2) is 5.78 Å². The fourth-order valence-corrected chi connectivity index (χ4v) is 3.83. The summed E-state index contributed by atoms with van der Waals surface area (Å²) >= 11 is 3.88. The molecular weight excluding hydrogens is 355 g/mol. The van der Waals surface area contributed by atoms with Crippen molar-refractivity contribution in [2.75, 3.05) is 0 Å². The summed E-state index contributed by atoms with van der Waals surface area (Å²) in [6, 6.07) is 8.50. The molecule has 0 aliphatic heterocycles. The van der Waals surface area contributed by atoms with Crippen LogP contribution in [0.2, 0.25) is 0 Å². The highest BCUT2D eigenvalue weighted by Gasteiger charge is 2.13. The zero-order valence-electron chi connectivity index (χ0n) is 9.91. The SMILES string of the molecule is O=C(Cc1ccc2c(c1)CCC2)c1csc(I)c1. The molecular formula is C15H13IOS. The fraction of sp³-hybridized carbons (Fsp3) is 0.267. The minimum Gasteiger partial charge on any atom is -0.294 e. The number of aryl methyl sites for hydroxylation is 2. The maximum Gasteiger partial charge on any atom is 0.168 e. The molecule has 0 fully saturated rings. The lowest BCUT2D eigenvalue weighted by molar-refractivity contribution is 0.0993. The Kier molecular flexibility index (Phi) is 3.52. The van der Waals surface area contributed by atoms with E-state index < -0.39 is 0 Å². The lowest BCUT2D eigenvalue weighted by Crippen LogP contribution is -2.02. The van der Waals surface area contributed by atoms with Gasteiger partial charge in [0, 0.05) is 17.4 Å². The summed E-state index contributed by atoms with van der Waals surface area (Å²) in [6.07, 6.45) is 4.16. The number of hydrogen-bond acceptors (Lipinski definition) is 2. The minimum absolute atomic E-state index is 0.229. The molecule has 3 rings (SSSR count). The number of carbonyl (C=O) groups excluding carboxylic acids is 1. The maximum absolute atomic E-state index is 12.1. The van der Waals surface area contributed by atoms with E-state index >= 15 is 0 Å². The topological polar surface area (TPSA) is 17.1 Å². The molecule has 0 spiro atoms. The van der Waals surface area contributed by atoms with Gasteiger partial charge in [0.1, 0.15) is 0 Å². The van der Waals surface area contributed by atoms with Crippen LogP contribution in [-0.4, -0.2) is 5.78 Å². The molecule has 18 heavy (non-hydrogen) atoms. The molecule has 2 aromatic rings. The molecule has 1 aliphatic carbocycles. The largest absolute Gasteiger partial charge is 0.294 e. The highest BCUT2D eigenvalue weighted by molar-refractivity contribution is 14.1. The summed E-state index contributed by atoms with van der Waals surface area (Å²) < 4.78 is 1.17. The number of hydrogen-bond donors (Lipinski definition) is 0. The second-order valence-electron chi connectivity index (χ2n) is 4.70. The Bertz CT molecular complexity index is 600. The van der Waals surface area contributed by atoms with Gasteiger partial charge >= 0.3 is 0 Å². The van der Waals surface area contributed by atoms with Crippen LogP contribution in [0.4, 0.5) is 0 Å². The fourth-order valence-electron chi connectivity index (χ4n) is 2.48. The van der Waals surface area contributed by atoms with Crippen LogP contribution in [0.5, 0.6) is 0 Å². The molecule has 1 nitrogen and oxygen atoms in total. The Labute approximate surface area is 124 Å². The number of ketones is 1. The predicted octanol–water partition coefficient (Wildman–Crippen LogP) is 4.27. The van der Waals surface area contributed by atoms with Crippen molar-refractivity contribution in [1.82, 2.24) is 0 Å². The molecule has 3 heteroatoms. The Morgan fingerprint density at radius 1 is 1.22 bits per heavy atom. The quantitative estimate of drug-likeness (QED) is 0.584. The second kappa shape index (κ2) is 5.13. The van der Waals surface area contributed by atoms with Gasteiger partial charge in [-0.15, -0.1) is 11.3 Å². The minimum atomic E-state index is 0.229. The average molecular weight is 368 g/mol. The number of halogens is 1. The maximum atomic E-state index is 12.1. The number of carbonyl (C=O) groups is 1. The zero-order valence-corrected chi connectivity index (χ0v) is 12.9. The van der Waals surface area contributed by atoms with Crippen LogP contribution in [0.3, 0.4) is 0 Å². The highest BCUT2D eigenvalue weighted by atomic mass is 127. The summed E-state index contributed by atoms with van der Waals surface area (Å²) in [7, 11) is 0. The van der Waals surface area contributed by atoms with Crippen molar-refractivity contribution in [3.05, 3.63) is 54.8 Å². The molecule has 0 radical (unpaired) electrons. The van der Waals surface area contributed by atoms with E-state index in [1.165, 1.54) is 33.3 Å². The number of Topliss-reactive ketones (excluding diaryl/α,β-unsaturated/α-hetero) is 1. The molecule has 0 unspecified atom stereocenters. The van der Waals surface area contributed by atoms with E-state index in [1.54, 1.807) is 11.3 Å². The number of rotatable bonds is 3. The lowest BCUT2D eigenvalue weighted by Gasteiger charge is -2.03. The van der Waals surface area contributed by atoms with E-state index in [1.807, 2.05) is 11.4 Å². The standard InChI is InChI=1S/C15H13IOS/c16-15-8-13(9-18-15)14(17)7-10-4-5-11-2-1-3-12(11)6-10/h4-6,8-9H,1-3,7H2. The first-order valence-electron chi connectivity index (χ1n) is 6.10. The van der Waals surface area contributed by atoms with Crippen molar-refractivity contribution in [2.45, 2.75) is 25.7 Å². The smallest absolute Gasteiger partial charge is 0.168 e.